The number of likely N-dealkylation sites (tertiary alicyclic amines) is 1. The molecule has 0 saturated carbocycles. The number of aryl methyl sites for hydroxylation is 2. The molecule has 0 aromatic carbocycles. The van der Waals surface area contributed by atoms with Gasteiger partial charge in [0.2, 0.25) is 5.91 Å². The fraction of sp³-hybridized carbons (Fsp3) is 0.688. The number of primary amides is 1. The average Bonchev–Trinajstić information content (AvgIpc) is 2.97. The van der Waals surface area contributed by atoms with E-state index in [2.05, 4.69) is 5.32 Å². The Balaban J connectivity index is 1.45. The van der Waals surface area contributed by atoms with Crippen LogP contribution in [0.15, 0.2) is 0 Å². The van der Waals surface area contributed by atoms with Gasteiger partial charge in [-0.05, 0) is 38.5 Å². The molecule has 6 nitrogen and oxygen atoms in total. The number of nitrogens with two attached hydrogens (primary N) is 1. The second-order valence-corrected chi connectivity index (χ2v) is 7.52. The first-order chi connectivity index (χ1) is 11.1. The Morgan fingerprint density at radius 1 is 1.30 bits per heavy atom. The molecule has 126 valence electrons. The van der Waals surface area contributed by atoms with Crippen molar-refractivity contribution >= 4 is 23.3 Å². The number of amides is 3. The Morgan fingerprint density at radius 2 is 2.13 bits per heavy atom. The number of urea groups is 1. The molecule has 1 aliphatic heterocycles. The van der Waals surface area contributed by atoms with Crippen LogP contribution in [0.3, 0.4) is 0 Å². The molecule has 0 radical (unpaired) electrons. The minimum atomic E-state index is -0.434. The topological polar surface area (TPSA) is 88.3 Å². The quantitative estimate of drug-likeness (QED) is 0.873. The van der Waals surface area contributed by atoms with Crippen molar-refractivity contribution in [1.82, 2.24) is 15.2 Å². The van der Waals surface area contributed by atoms with Crippen molar-refractivity contribution in [3.05, 3.63) is 15.6 Å². The van der Waals surface area contributed by atoms with Gasteiger partial charge in [0.15, 0.2) is 0 Å². The SMILES string of the molecule is NC(=O)N1CCC[C@@H](C(=O)NCCc2nc3c(s2)CCCC3)C1. The third-order valence-corrected chi connectivity index (χ3v) is 5.85. The van der Waals surface area contributed by atoms with Gasteiger partial charge < -0.3 is 16.0 Å². The minimum Gasteiger partial charge on any atom is -0.355 e. The van der Waals surface area contributed by atoms with E-state index in [1.54, 1.807) is 16.2 Å². The zero-order chi connectivity index (χ0) is 16.2. The summed E-state index contributed by atoms with van der Waals surface area (Å²) in [4.78, 5) is 31.2. The fourth-order valence-electron chi connectivity index (χ4n) is 3.34. The van der Waals surface area contributed by atoms with E-state index in [0.29, 0.717) is 19.6 Å². The maximum absolute atomic E-state index is 12.2. The van der Waals surface area contributed by atoms with Crippen molar-refractivity contribution in [1.29, 1.82) is 0 Å². The molecule has 1 aliphatic carbocycles. The Bertz CT molecular complexity index is 563. The molecule has 1 atom stereocenters. The number of nitrogens with one attached hydrogen (secondary N) is 1. The van der Waals surface area contributed by atoms with E-state index in [0.717, 1.165) is 37.1 Å². The number of hydrogen-bond donors (Lipinski definition) is 2. The standard InChI is InChI=1S/C16H24N4O2S/c17-16(22)20-9-3-4-11(10-20)15(21)18-8-7-14-19-12-5-1-2-6-13(12)23-14/h11H,1-10H2,(H2,17,22)(H,18,21)/t11-/m1/s1. The van der Waals surface area contributed by atoms with Gasteiger partial charge in [-0.2, -0.15) is 0 Å². The van der Waals surface area contributed by atoms with Gasteiger partial charge in [-0.15, -0.1) is 11.3 Å². The summed E-state index contributed by atoms with van der Waals surface area (Å²) in [5, 5.41) is 4.11. The first-order valence-corrected chi connectivity index (χ1v) is 9.24. The highest BCUT2D eigenvalue weighted by molar-refractivity contribution is 7.11. The first-order valence-electron chi connectivity index (χ1n) is 8.43. The zero-order valence-electron chi connectivity index (χ0n) is 13.3. The number of piperidine rings is 1. The van der Waals surface area contributed by atoms with Gasteiger partial charge >= 0.3 is 6.03 Å². The molecule has 23 heavy (non-hydrogen) atoms. The van der Waals surface area contributed by atoms with Crippen LogP contribution in [0.1, 0.15) is 41.3 Å². The van der Waals surface area contributed by atoms with Crippen LogP contribution in [0.5, 0.6) is 0 Å². The number of aromatic nitrogens is 1. The summed E-state index contributed by atoms with van der Waals surface area (Å²) in [5.74, 6) is -0.113. The lowest BCUT2D eigenvalue weighted by atomic mass is 9.97. The number of fused-ring (bicyclic) bond motifs is 1. The summed E-state index contributed by atoms with van der Waals surface area (Å²) in [6.07, 6.45) is 7.21. The van der Waals surface area contributed by atoms with Gasteiger partial charge in [0.25, 0.3) is 0 Å². The number of nitrogens with zero attached hydrogens (tertiary/aromatic N) is 2. The highest BCUT2D eigenvalue weighted by atomic mass is 32.1. The molecule has 0 unspecified atom stereocenters. The maximum Gasteiger partial charge on any atom is 0.314 e. The van der Waals surface area contributed by atoms with Gasteiger partial charge in [0.05, 0.1) is 16.6 Å². The number of thiazole rings is 1. The summed E-state index contributed by atoms with van der Waals surface area (Å²) < 4.78 is 0. The van der Waals surface area contributed by atoms with Crippen molar-refractivity contribution in [3.8, 4) is 0 Å². The normalized spacial score (nSPS) is 20.9. The van der Waals surface area contributed by atoms with Crippen molar-refractivity contribution in [2.75, 3.05) is 19.6 Å². The molecular weight excluding hydrogens is 312 g/mol. The van der Waals surface area contributed by atoms with Crippen LogP contribution in [0.2, 0.25) is 0 Å². The second-order valence-electron chi connectivity index (χ2n) is 6.35. The molecule has 3 amide bonds. The van der Waals surface area contributed by atoms with Gasteiger partial charge in [-0.1, -0.05) is 0 Å². The van der Waals surface area contributed by atoms with E-state index >= 15 is 0 Å². The van der Waals surface area contributed by atoms with Gasteiger partial charge in [-0.3, -0.25) is 4.79 Å². The van der Waals surface area contributed by atoms with E-state index in [1.807, 2.05) is 0 Å². The molecule has 0 bridgehead atoms. The van der Waals surface area contributed by atoms with E-state index in [9.17, 15) is 9.59 Å². The molecular formula is C16H24N4O2S. The second kappa shape index (κ2) is 7.29. The smallest absolute Gasteiger partial charge is 0.314 e. The van der Waals surface area contributed by atoms with E-state index in [1.165, 1.54) is 23.4 Å². The van der Waals surface area contributed by atoms with Gasteiger partial charge in [0, 0.05) is 30.9 Å². The van der Waals surface area contributed by atoms with Crippen molar-refractivity contribution in [2.24, 2.45) is 11.7 Å². The molecule has 3 rings (SSSR count). The van der Waals surface area contributed by atoms with Crippen LogP contribution in [0, 0.1) is 5.92 Å². The largest absolute Gasteiger partial charge is 0.355 e. The lowest BCUT2D eigenvalue weighted by Crippen LogP contribution is -2.47. The summed E-state index contributed by atoms with van der Waals surface area (Å²) in [7, 11) is 0. The van der Waals surface area contributed by atoms with Crippen LogP contribution >= 0.6 is 11.3 Å². The zero-order valence-corrected chi connectivity index (χ0v) is 14.2. The molecule has 2 aliphatic rings. The number of carbonyl (C=O) groups is 2. The maximum atomic E-state index is 12.2. The van der Waals surface area contributed by atoms with Crippen molar-refractivity contribution in [3.63, 3.8) is 0 Å². The molecule has 1 aromatic heterocycles. The van der Waals surface area contributed by atoms with E-state index in [-0.39, 0.29) is 11.8 Å². The highest BCUT2D eigenvalue weighted by Gasteiger charge is 2.27. The van der Waals surface area contributed by atoms with Crippen molar-refractivity contribution < 1.29 is 9.59 Å². The first kappa shape index (κ1) is 16.2. The van der Waals surface area contributed by atoms with Gasteiger partial charge in [-0.25, -0.2) is 9.78 Å². The third-order valence-electron chi connectivity index (χ3n) is 4.63. The fourth-order valence-corrected chi connectivity index (χ4v) is 4.50. The lowest BCUT2D eigenvalue weighted by molar-refractivity contribution is -0.126. The highest BCUT2D eigenvalue weighted by Crippen LogP contribution is 2.26. The molecule has 1 saturated heterocycles. The van der Waals surface area contributed by atoms with Crippen LogP contribution in [-0.2, 0) is 24.1 Å². The van der Waals surface area contributed by atoms with Crippen LogP contribution in [0.4, 0.5) is 4.79 Å². The Morgan fingerprint density at radius 3 is 2.91 bits per heavy atom. The van der Waals surface area contributed by atoms with Crippen LogP contribution < -0.4 is 11.1 Å². The molecule has 1 aromatic rings. The Kier molecular flexibility index (Phi) is 5.15. The number of rotatable bonds is 4. The Labute approximate surface area is 140 Å². The van der Waals surface area contributed by atoms with Gasteiger partial charge in [0.1, 0.15) is 0 Å². The molecule has 2 heterocycles. The van der Waals surface area contributed by atoms with Crippen molar-refractivity contribution in [2.45, 2.75) is 44.9 Å². The summed E-state index contributed by atoms with van der Waals surface area (Å²) in [6.45, 7) is 1.70. The third kappa shape index (κ3) is 4.02. The van der Waals surface area contributed by atoms with Crippen LogP contribution in [-0.4, -0.2) is 41.5 Å². The van der Waals surface area contributed by atoms with E-state index < -0.39 is 6.03 Å². The number of hydrogen-bond acceptors (Lipinski definition) is 4. The Hall–Kier alpha value is -1.63. The molecule has 7 heteroatoms. The summed E-state index contributed by atoms with van der Waals surface area (Å²) in [6, 6.07) is -0.434. The predicted molar refractivity (Wildman–Crippen MR) is 89.4 cm³/mol. The number of carbonyl (C=O) groups excluding carboxylic acids is 2. The monoisotopic (exact) mass is 336 g/mol. The molecule has 1 fully saturated rings. The summed E-state index contributed by atoms with van der Waals surface area (Å²) >= 11 is 1.80. The van der Waals surface area contributed by atoms with E-state index in [4.69, 9.17) is 10.7 Å². The lowest BCUT2D eigenvalue weighted by Gasteiger charge is -2.30. The average molecular weight is 336 g/mol. The molecule has 3 N–H and O–H groups in total. The predicted octanol–water partition coefficient (Wildman–Crippen LogP) is 1.47. The molecule has 0 spiro atoms. The summed E-state index contributed by atoms with van der Waals surface area (Å²) in [5.41, 5.74) is 6.57. The van der Waals surface area contributed by atoms with Crippen LogP contribution in [0.25, 0.3) is 0 Å². The minimum absolute atomic E-state index is 0.0252.